The Hall–Kier alpha value is -1.50. The Balaban J connectivity index is 3.24. The van der Waals surface area contributed by atoms with Crippen LogP contribution in [0.4, 0.5) is 0 Å². The molecule has 0 heterocycles. The van der Waals surface area contributed by atoms with Crippen molar-refractivity contribution in [1.29, 1.82) is 10.7 Å². The molecule has 3 nitrogen and oxygen atoms in total. The zero-order valence-corrected chi connectivity index (χ0v) is 8.97. The average Bonchev–Trinajstić information content (AvgIpc) is 2.19. The highest BCUT2D eigenvalue weighted by molar-refractivity contribution is 6.69. The molecule has 2 N–H and O–H groups in total. The van der Waals surface area contributed by atoms with Gasteiger partial charge in [0.25, 0.3) is 0 Å². The van der Waals surface area contributed by atoms with Crippen LogP contribution < -0.4 is 0 Å². The summed E-state index contributed by atoms with van der Waals surface area (Å²) in [5, 5.41) is 25.4. The Morgan fingerprint density at radius 1 is 1.33 bits per heavy atom. The molecule has 1 aromatic carbocycles. The van der Waals surface area contributed by atoms with E-state index in [1.54, 1.807) is 18.2 Å². The summed E-state index contributed by atoms with van der Waals surface area (Å²) in [5.41, 5.74) is 0.125. The molecule has 0 fully saturated rings. The summed E-state index contributed by atoms with van der Waals surface area (Å²) in [6.07, 6.45) is 0. The van der Waals surface area contributed by atoms with Crippen LogP contribution in [0.1, 0.15) is 5.56 Å². The third kappa shape index (κ3) is 2.72. The van der Waals surface area contributed by atoms with Gasteiger partial charge in [0.2, 0.25) is 0 Å². The molecule has 0 aliphatic rings. The second-order valence-electron chi connectivity index (χ2n) is 2.66. The van der Waals surface area contributed by atoms with Crippen molar-refractivity contribution in [2.45, 2.75) is 0 Å². The monoisotopic (exact) mass is 240 g/mol. The van der Waals surface area contributed by atoms with Crippen LogP contribution in [0, 0.1) is 16.7 Å². The molecule has 0 aromatic heterocycles. The van der Waals surface area contributed by atoms with Gasteiger partial charge in [-0.05, 0) is 24.3 Å². The predicted molar refractivity (Wildman–Crippen MR) is 60.2 cm³/mol. The number of benzene rings is 1. The number of nitrogens with one attached hydrogen (secondary N) is 1. The smallest absolute Gasteiger partial charge is 0.143 e. The van der Waals surface area contributed by atoms with Gasteiger partial charge in [0.05, 0.1) is 0 Å². The second-order valence-corrected chi connectivity index (χ2v) is 3.47. The summed E-state index contributed by atoms with van der Waals surface area (Å²) in [5.74, 6) is -0.325. The lowest BCUT2D eigenvalue weighted by Gasteiger charge is -2.02. The quantitative estimate of drug-likeness (QED) is 0.473. The highest BCUT2D eigenvalue weighted by Gasteiger charge is 2.10. The van der Waals surface area contributed by atoms with Crippen LogP contribution >= 0.6 is 23.2 Å². The molecular weight excluding hydrogens is 235 g/mol. The summed E-state index contributed by atoms with van der Waals surface area (Å²) < 4.78 is 0. The molecule has 0 aliphatic heterocycles. The minimum absolute atomic E-state index is 0.265. The van der Waals surface area contributed by atoms with Crippen molar-refractivity contribution in [2.24, 2.45) is 0 Å². The van der Waals surface area contributed by atoms with E-state index in [1.165, 1.54) is 12.1 Å². The SMILES string of the molecule is N#C/C(C(=N)Cl)=C(/O)c1ccc(Cl)cc1. The molecule has 1 aromatic rings. The van der Waals surface area contributed by atoms with Crippen molar-refractivity contribution < 1.29 is 5.11 Å². The van der Waals surface area contributed by atoms with E-state index < -0.39 is 5.17 Å². The van der Waals surface area contributed by atoms with Crippen LogP contribution in [0.25, 0.3) is 5.76 Å². The number of nitrogens with zero attached hydrogens (tertiary/aromatic N) is 1. The van der Waals surface area contributed by atoms with Crippen LogP contribution in [0.5, 0.6) is 0 Å². The first kappa shape index (κ1) is 11.6. The van der Waals surface area contributed by atoms with E-state index in [4.69, 9.17) is 33.9 Å². The van der Waals surface area contributed by atoms with Crippen LogP contribution in [0.2, 0.25) is 5.02 Å². The third-order valence-corrected chi connectivity index (χ3v) is 2.13. The number of aliphatic hydroxyl groups is 1. The molecule has 0 bridgehead atoms. The number of halogens is 2. The Kier molecular flexibility index (Phi) is 3.73. The number of nitriles is 1. The summed E-state index contributed by atoms with van der Waals surface area (Å²) >= 11 is 11.0. The first-order valence-corrected chi connectivity index (χ1v) is 4.65. The average molecular weight is 241 g/mol. The maximum absolute atomic E-state index is 9.63. The summed E-state index contributed by atoms with van der Waals surface area (Å²) in [6.45, 7) is 0. The molecule has 15 heavy (non-hydrogen) atoms. The number of rotatable bonds is 2. The van der Waals surface area contributed by atoms with Gasteiger partial charge in [-0.3, -0.25) is 5.41 Å². The van der Waals surface area contributed by atoms with Gasteiger partial charge in [0, 0.05) is 10.6 Å². The minimum atomic E-state index is -0.495. The van der Waals surface area contributed by atoms with Gasteiger partial charge >= 0.3 is 0 Å². The minimum Gasteiger partial charge on any atom is -0.506 e. The molecule has 1 rings (SSSR count). The van der Waals surface area contributed by atoms with Gasteiger partial charge in [-0.2, -0.15) is 5.26 Å². The lowest BCUT2D eigenvalue weighted by Crippen LogP contribution is -1.95. The molecule has 0 amide bonds. The van der Waals surface area contributed by atoms with E-state index in [2.05, 4.69) is 0 Å². The molecule has 0 saturated heterocycles. The molecule has 0 saturated carbocycles. The van der Waals surface area contributed by atoms with Gasteiger partial charge in [-0.15, -0.1) is 0 Å². The zero-order valence-electron chi connectivity index (χ0n) is 7.46. The maximum atomic E-state index is 9.63. The summed E-state index contributed by atoms with van der Waals surface area (Å²) in [6, 6.07) is 7.87. The van der Waals surface area contributed by atoms with Gasteiger partial charge in [0.15, 0.2) is 0 Å². The van der Waals surface area contributed by atoms with Crippen LogP contribution in [0.3, 0.4) is 0 Å². The Morgan fingerprint density at radius 2 is 1.87 bits per heavy atom. The van der Waals surface area contributed by atoms with Gasteiger partial charge in [-0.1, -0.05) is 23.2 Å². The lowest BCUT2D eigenvalue weighted by molar-refractivity contribution is 0.510. The van der Waals surface area contributed by atoms with Crippen LogP contribution in [0.15, 0.2) is 29.8 Å². The predicted octanol–water partition coefficient (Wildman–Crippen LogP) is 3.35. The normalized spacial score (nSPS) is 11.5. The Morgan fingerprint density at radius 3 is 2.27 bits per heavy atom. The van der Waals surface area contributed by atoms with Crippen LogP contribution in [-0.4, -0.2) is 10.3 Å². The standard InChI is InChI=1S/C10H6Cl2N2O/c11-7-3-1-6(2-4-7)9(15)8(5-13)10(12)14/h1-4,14-15H/b9-8-,14-10?. The largest absolute Gasteiger partial charge is 0.506 e. The number of hydrogen-bond donors (Lipinski definition) is 2. The molecule has 5 heteroatoms. The molecule has 0 atom stereocenters. The van der Waals surface area contributed by atoms with E-state index in [0.29, 0.717) is 10.6 Å². The summed E-state index contributed by atoms with van der Waals surface area (Å²) in [7, 11) is 0. The van der Waals surface area contributed by atoms with Crippen LogP contribution in [-0.2, 0) is 0 Å². The van der Waals surface area contributed by atoms with Gasteiger partial charge < -0.3 is 5.11 Å². The van der Waals surface area contributed by atoms with Crippen molar-refractivity contribution >= 4 is 34.1 Å². The number of allylic oxidation sites excluding steroid dienone is 1. The fraction of sp³-hybridized carbons (Fsp3) is 0. The van der Waals surface area contributed by atoms with Gasteiger partial charge in [-0.25, -0.2) is 0 Å². The highest BCUT2D eigenvalue weighted by atomic mass is 35.5. The van der Waals surface area contributed by atoms with Crippen molar-refractivity contribution in [3.63, 3.8) is 0 Å². The van der Waals surface area contributed by atoms with E-state index in [9.17, 15) is 5.11 Å². The van der Waals surface area contributed by atoms with E-state index in [1.807, 2.05) is 0 Å². The second kappa shape index (κ2) is 4.83. The molecule has 0 spiro atoms. The van der Waals surface area contributed by atoms with E-state index in [0.717, 1.165) is 0 Å². The van der Waals surface area contributed by atoms with Crippen molar-refractivity contribution in [3.05, 3.63) is 40.4 Å². The van der Waals surface area contributed by atoms with Crippen molar-refractivity contribution in [2.75, 3.05) is 0 Å². The first-order chi connectivity index (χ1) is 7.06. The fourth-order valence-corrected chi connectivity index (χ4v) is 1.22. The summed E-state index contributed by atoms with van der Waals surface area (Å²) in [4.78, 5) is 0. The molecule has 0 radical (unpaired) electrons. The molecule has 0 aliphatic carbocycles. The molecule has 0 unspecified atom stereocenters. The first-order valence-electron chi connectivity index (χ1n) is 3.90. The topological polar surface area (TPSA) is 67.9 Å². The highest BCUT2D eigenvalue weighted by Crippen LogP contribution is 2.19. The maximum Gasteiger partial charge on any atom is 0.143 e. The Bertz CT molecular complexity index is 457. The molecule has 76 valence electrons. The fourth-order valence-electron chi connectivity index (χ4n) is 0.958. The van der Waals surface area contributed by atoms with E-state index >= 15 is 0 Å². The lowest BCUT2D eigenvalue weighted by atomic mass is 10.1. The Labute approximate surface area is 96.7 Å². The van der Waals surface area contributed by atoms with Gasteiger partial charge in [0.1, 0.15) is 22.6 Å². The van der Waals surface area contributed by atoms with E-state index in [-0.39, 0.29) is 11.3 Å². The number of aliphatic hydroxyl groups excluding tert-OH is 1. The van der Waals surface area contributed by atoms with Crippen molar-refractivity contribution in [3.8, 4) is 6.07 Å². The number of hydrogen-bond acceptors (Lipinski definition) is 3. The molecular formula is C10H6Cl2N2O. The van der Waals surface area contributed by atoms with Crippen molar-refractivity contribution in [1.82, 2.24) is 0 Å². The zero-order chi connectivity index (χ0) is 11.4. The third-order valence-electron chi connectivity index (χ3n) is 1.69.